The van der Waals surface area contributed by atoms with Crippen LogP contribution in [0.1, 0.15) is 78.1 Å². The van der Waals surface area contributed by atoms with Crippen molar-refractivity contribution in [3.8, 4) is 22.8 Å². The Morgan fingerprint density at radius 3 is 1.81 bits per heavy atom. The molecule has 4 aliphatic rings. The van der Waals surface area contributed by atoms with Crippen LogP contribution in [0.3, 0.4) is 0 Å². The molecule has 0 spiro atoms. The zero-order chi connectivity index (χ0) is 43.4. The molecule has 3 unspecified atom stereocenters. The molecule has 6 N–H and O–H groups in total. The molecule has 3 saturated carbocycles. The van der Waals surface area contributed by atoms with Crippen molar-refractivity contribution in [2.75, 3.05) is 75.0 Å². The third kappa shape index (κ3) is 13.0. The van der Waals surface area contributed by atoms with Crippen LogP contribution in [0.15, 0.2) is 49.3 Å². The molecule has 1 saturated heterocycles. The van der Waals surface area contributed by atoms with Gasteiger partial charge < -0.3 is 46.1 Å². The molecule has 5 heterocycles. The summed E-state index contributed by atoms with van der Waals surface area (Å²) >= 11 is 0. The van der Waals surface area contributed by atoms with Crippen molar-refractivity contribution in [2.24, 2.45) is 23.7 Å². The predicted molar refractivity (Wildman–Crippen MR) is 245 cm³/mol. The molecule has 17 heteroatoms. The molecule has 340 valence electrons. The number of nitrogens with one attached hydrogen (secondary N) is 6. The molecular formula is C46H68N14O3. The highest BCUT2D eigenvalue weighted by atomic mass is 16.5. The molecule has 4 fully saturated rings. The van der Waals surface area contributed by atoms with E-state index < -0.39 is 0 Å². The Bertz CT molecular complexity index is 2020. The minimum Gasteiger partial charge on any atom is -0.383 e. The van der Waals surface area contributed by atoms with Crippen LogP contribution in [0, 0.1) is 23.7 Å². The highest BCUT2D eigenvalue weighted by molar-refractivity contribution is 5.60. The van der Waals surface area contributed by atoms with E-state index in [1.54, 1.807) is 26.9 Å². The highest BCUT2D eigenvalue weighted by Crippen LogP contribution is 2.50. The van der Waals surface area contributed by atoms with Crippen molar-refractivity contribution in [3.05, 3.63) is 49.3 Å². The number of hydrogen-bond donors (Lipinski definition) is 6. The van der Waals surface area contributed by atoms with Crippen LogP contribution < -0.4 is 31.9 Å². The molecule has 4 aromatic heterocycles. The van der Waals surface area contributed by atoms with Gasteiger partial charge in [0.05, 0.1) is 36.0 Å². The van der Waals surface area contributed by atoms with Crippen molar-refractivity contribution < 1.29 is 14.2 Å². The lowest BCUT2D eigenvalue weighted by Crippen LogP contribution is -2.47. The van der Waals surface area contributed by atoms with Crippen molar-refractivity contribution in [1.82, 2.24) is 50.5 Å². The van der Waals surface area contributed by atoms with E-state index in [-0.39, 0.29) is 12.1 Å². The summed E-state index contributed by atoms with van der Waals surface area (Å²) in [5.41, 5.74) is 3.09. The van der Waals surface area contributed by atoms with Crippen LogP contribution in [-0.4, -0.2) is 130 Å². The normalized spacial score (nSPS) is 26.1. The van der Waals surface area contributed by atoms with Crippen LogP contribution in [0.5, 0.6) is 0 Å². The van der Waals surface area contributed by atoms with Crippen LogP contribution in [-0.2, 0) is 14.2 Å². The summed E-state index contributed by atoms with van der Waals surface area (Å²) in [7, 11) is 3.52. The topological polar surface area (TPSA) is 203 Å². The van der Waals surface area contributed by atoms with Gasteiger partial charge in [0.1, 0.15) is 24.3 Å². The van der Waals surface area contributed by atoms with E-state index in [4.69, 9.17) is 29.2 Å². The molecule has 0 aromatic carbocycles. The second kappa shape index (κ2) is 22.3. The number of anilines is 4. The van der Waals surface area contributed by atoms with E-state index in [9.17, 15) is 0 Å². The fourth-order valence-corrected chi connectivity index (χ4v) is 9.96. The quantitative estimate of drug-likeness (QED) is 0.0596. The first kappa shape index (κ1) is 44.9. The van der Waals surface area contributed by atoms with Crippen LogP contribution in [0.2, 0.25) is 0 Å². The van der Waals surface area contributed by atoms with Crippen LogP contribution in [0.4, 0.5) is 23.5 Å². The largest absolute Gasteiger partial charge is 0.383 e. The molecule has 0 amide bonds. The smallest absolute Gasteiger partial charge is 0.223 e. The minimum absolute atomic E-state index is 0.246. The van der Waals surface area contributed by atoms with Gasteiger partial charge in [0.2, 0.25) is 11.9 Å². The fraction of sp³-hybridized carbons (Fsp3) is 0.652. The molecule has 17 nitrogen and oxygen atoms in total. The van der Waals surface area contributed by atoms with Gasteiger partial charge in [0.25, 0.3) is 0 Å². The number of hydrogen-bond acceptors (Lipinski definition) is 17. The molecule has 8 rings (SSSR count). The van der Waals surface area contributed by atoms with Gasteiger partial charge in [-0.1, -0.05) is 0 Å². The van der Waals surface area contributed by atoms with E-state index in [1.807, 2.05) is 36.7 Å². The summed E-state index contributed by atoms with van der Waals surface area (Å²) in [6.07, 6.45) is 17.7. The molecule has 0 radical (unpaired) electrons. The third-order valence-electron chi connectivity index (χ3n) is 13.3. The molecule has 63 heavy (non-hydrogen) atoms. The number of rotatable bonds is 21. The Kier molecular flexibility index (Phi) is 15.9. The van der Waals surface area contributed by atoms with Gasteiger partial charge in [0, 0.05) is 101 Å². The van der Waals surface area contributed by atoms with E-state index in [2.05, 4.69) is 70.7 Å². The van der Waals surface area contributed by atoms with Gasteiger partial charge >= 0.3 is 0 Å². The summed E-state index contributed by atoms with van der Waals surface area (Å²) in [4.78, 5) is 37.3. The second-order valence-electron chi connectivity index (χ2n) is 18.2. The van der Waals surface area contributed by atoms with Gasteiger partial charge in [-0.25, -0.2) is 39.9 Å². The summed E-state index contributed by atoms with van der Waals surface area (Å²) in [6, 6.07) is 9.98. The maximum Gasteiger partial charge on any atom is 0.223 e. The first-order valence-corrected chi connectivity index (χ1v) is 23.3. The maximum absolute atomic E-state index is 5.53. The fourth-order valence-electron chi connectivity index (χ4n) is 9.96. The molecule has 4 aromatic rings. The Morgan fingerprint density at radius 1 is 0.603 bits per heavy atom. The Labute approximate surface area is 372 Å². The van der Waals surface area contributed by atoms with Gasteiger partial charge in [0.15, 0.2) is 0 Å². The van der Waals surface area contributed by atoms with Crippen molar-refractivity contribution in [1.29, 1.82) is 0 Å². The summed E-state index contributed by atoms with van der Waals surface area (Å²) in [6.45, 7) is 9.16. The van der Waals surface area contributed by atoms with Gasteiger partial charge in [-0.3, -0.25) is 0 Å². The van der Waals surface area contributed by atoms with Crippen molar-refractivity contribution >= 4 is 23.5 Å². The number of nitrogens with zero attached hydrogens (tertiary/aromatic N) is 8. The molecule has 0 bridgehead atoms. The van der Waals surface area contributed by atoms with Gasteiger partial charge in [-0.15, -0.1) is 0 Å². The number of aromatic nitrogens is 8. The highest BCUT2D eigenvalue weighted by Gasteiger charge is 2.48. The van der Waals surface area contributed by atoms with E-state index in [1.165, 1.54) is 0 Å². The standard InChI is InChI=1S/C46H68N14O3/c1-29(25-61-3)55-33-5-7-34(8-6-33)57-45-47-15-11-39(59-45)42-22-44(54-28-52-42)50-24-32-19-36(32)37-20-35(56-30(2)26-62-4)9-10-38(37)58-46-48-16-12-40(60-46)41-21-43(53-27-51-41)49-23-31-13-17-63-18-14-31/h11-12,15-16,21-22,27-38,55-56H,5-10,13-14,17-20,23-26H2,1-4H3,(H,47,57,59)(H,48,58,60)(H,49,51,53)(H,50,52,54)/t29-,30-,32?,33?,34?,35+,36?,37?,38+/m0/s1. The average Bonchev–Trinajstić information content (AvgIpc) is 4.09. The third-order valence-corrected chi connectivity index (χ3v) is 13.3. The minimum atomic E-state index is 0.246. The summed E-state index contributed by atoms with van der Waals surface area (Å²) in [5, 5.41) is 22.1. The summed E-state index contributed by atoms with van der Waals surface area (Å²) in [5.74, 6) is 5.00. The average molecular weight is 865 g/mol. The van der Waals surface area contributed by atoms with Crippen LogP contribution >= 0.6 is 0 Å². The molecule has 1 aliphatic heterocycles. The second-order valence-corrected chi connectivity index (χ2v) is 18.2. The monoisotopic (exact) mass is 865 g/mol. The van der Waals surface area contributed by atoms with Crippen LogP contribution in [0.25, 0.3) is 22.8 Å². The predicted octanol–water partition coefficient (Wildman–Crippen LogP) is 5.69. The maximum atomic E-state index is 5.53. The van der Waals surface area contributed by atoms with Crippen molar-refractivity contribution in [2.45, 2.75) is 114 Å². The lowest BCUT2D eigenvalue weighted by atomic mass is 9.78. The first-order valence-electron chi connectivity index (χ1n) is 23.3. The van der Waals surface area contributed by atoms with Gasteiger partial charge in [-0.2, -0.15) is 0 Å². The Hall–Kier alpha value is -4.68. The Balaban J connectivity index is 0.871. The van der Waals surface area contributed by atoms with E-state index >= 15 is 0 Å². The molecule has 7 atom stereocenters. The summed E-state index contributed by atoms with van der Waals surface area (Å²) < 4.78 is 16.3. The first-order chi connectivity index (χ1) is 30.9. The molecule has 3 aliphatic carbocycles. The number of ether oxygens (including phenoxy) is 3. The zero-order valence-corrected chi connectivity index (χ0v) is 37.5. The van der Waals surface area contributed by atoms with E-state index in [0.29, 0.717) is 66.3 Å². The zero-order valence-electron chi connectivity index (χ0n) is 37.5. The van der Waals surface area contributed by atoms with Gasteiger partial charge in [-0.05, 0) is 114 Å². The SMILES string of the molecule is COC[C@H](C)NC1CCC(Nc2nccc(-c3cc(NCC4CC4C4C[C@H](N[C@@H](C)COC)CC[C@H]4Nc4nccc(-c5cc(NCC6CCOCC6)ncn5)n4)ncn3)n2)CC1. The van der Waals surface area contributed by atoms with E-state index in [0.717, 1.165) is 132 Å². The molecular weight excluding hydrogens is 797 g/mol. The number of methoxy groups -OCH3 is 2. The van der Waals surface area contributed by atoms with Crippen molar-refractivity contribution in [3.63, 3.8) is 0 Å². The lowest BCUT2D eigenvalue weighted by Gasteiger charge is -2.38. The lowest BCUT2D eigenvalue weighted by molar-refractivity contribution is 0.0699. The Morgan fingerprint density at radius 2 is 1.17 bits per heavy atom.